The number of benzene rings is 2. The highest BCUT2D eigenvalue weighted by Crippen LogP contribution is 2.32. The molecule has 1 aliphatic carbocycles. The van der Waals surface area contributed by atoms with Crippen LogP contribution in [0.25, 0.3) is 0 Å². The van der Waals surface area contributed by atoms with Crippen LogP contribution in [0.3, 0.4) is 0 Å². The van der Waals surface area contributed by atoms with Crippen molar-refractivity contribution in [2.24, 2.45) is 0 Å². The lowest BCUT2D eigenvalue weighted by atomic mass is 9.96. The Hall–Kier alpha value is -2.77. The molecule has 3 aromatic rings. The van der Waals surface area contributed by atoms with Gasteiger partial charge in [0.15, 0.2) is 0 Å². The van der Waals surface area contributed by atoms with E-state index in [-0.39, 0.29) is 17.4 Å². The van der Waals surface area contributed by atoms with Crippen LogP contribution in [0.2, 0.25) is 5.02 Å². The number of anilines is 1. The van der Waals surface area contributed by atoms with E-state index in [1.807, 2.05) is 36.4 Å². The highest BCUT2D eigenvalue weighted by atomic mass is 35.5. The molecule has 0 spiro atoms. The van der Waals surface area contributed by atoms with Gasteiger partial charge in [0, 0.05) is 10.7 Å². The summed E-state index contributed by atoms with van der Waals surface area (Å²) in [4.78, 5) is 4.77. The van der Waals surface area contributed by atoms with Crippen molar-refractivity contribution in [3.8, 4) is 11.6 Å². The lowest BCUT2D eigenvalue weighted by Gasteiger charge is -2.20. The van der Waals surface area contributed by atoms with E-state index < -0.39 is 10.0 Å². The number of nitrogens with one attached hydrogen (secondary N) is 1. The third-order valence-electron chi connectivity index (χ3n) is 5.35. The zero-order valence-electron chi connectivity index (χ0n) is 17.8. The minimum atomic E-state index is -3.87. The molecule has 1 aliphatic rings. The maximum absolute atomic E-state index is 13.1. The van der Waals surface area contributed by atoms with Crippen LogP contribution < -0.4 is 14.2 Å². The molecule has 0 bridgehead atoms. The van der Waals surface area contributed by atoms with Crippen LogP contribution in [0.5, 0.6) is 11.6 Å². The molecule has 1 heterocycles. The minimum Gasteiger partial charge on any atom is -0.490 e. The van der Waals surface area contributed by atoms with Crippen LogP contribution in [0.1, 0.15) is 29.7 Å². The van der Waals surface area contributed by atoms with Gasteiger partial charge in [0.05, 0.1) is 4.90 Å². The van der Waals surface area contributed by atoms with Gasteiger partial charge >= 0.3 is 0 Å². The predicted octanol–water partition coefficient (Wildman–Crippen LogP) is 5.18. The van der Waals surface area contributed by atoms with E-state index in [1.54, 1.807) is 19.1 Å². The number of fused-ring (bicyclic) bond motifs is 1. The third kappa shape index (κ3) is 5.16. The van der Waals surface area contributed by atoms with Gasteiger partial charge < -0.3 is 9.47 Å². The van der Waals surface area contributed by atoms with E-state index in [0.29, 0.717) is 22.9 Å². The summed E-state index contributed by atoms with van der Waals surface area (Å²) in [5, 5.41) is 0.394. The Morgan fingerprint density at radius 3 is 2.56 bits per heavy atom. The first-order chi connectivity index (χ1) is 15.4. The van der Waals surface area contributed by atoms with Crippen LogP contribution in [0.15, 0.2) is 59.5 Å². The van der Waals surface area contributed by atoms with E-state index in [4.69, 9.17) is 21.1 Å². The molecule has 2 aromatic carbocycles. The number of rotatable bonds is 8. The second-order valence-electron chi connectivity index (χ2n) is 7.63. The molecular formula is C24H25ClN2O4S. The average molecular weight is 473 g/mol. The molecule has 0 saturated carbocycles. The number of hydrogen-bond acceptors (Lipinski definition) is 5. The molecule has 0 aliphatic heterocycles. The smallest absolute Gasteiger partial charge is 0.262 e. The highest BCUT2D eigenvalue weighted by molar-refractivity contribution is 7.92. The molecule has 0 fully saturated rings. The average Bonchev–Trinajstić information content (AvgIpc) is 2.79. The van der Waals surface area contributed by atoms with Crippen molar-refractivity contribution >= 4 is 27.3 Å². The zero-order valence-corrected chi connectivity index (χ0v) is 19.4. The van der Waals surface area contributed by atoms with Gasteiger partial charge in [-0.25, -0.2) is 13.4 Å². The molecule has 6 nitrogen and oxygen atoms in total. The van der Waals surface area contributed by atoms with Crippen LogP contribution in [-0.4, -0.2) is 26.6 Å². The van der Waals surface area contributed by atoms with Crippen LogP contribution in [-0.2, 0) is 22.9 Å². The van der Waals surface area contributed by atoms with E-state index in [2.05, 4.69) is 9.71 Å². The summed E-state index contributed by atoms with van der Waals surface area (Å²) in [6, 6.07) is 16.1. The molecule has 32 heavy (non-hydrogen) atoms. The molecule has 0 saturated heterocycles. The van der Waals surface area contributed by atoms with Gasteiger partial charge in [-0.15, -0.1) is 0 Å². The number of hydrogen-bond donors (Lipinski definition) is 1. The number of nitrogens with zero attached hydrogens (tertiary/aromatic N) is 1. The van der Waals surface area contributed by atoms with Gasteiger partial charge in [0.2, 0.25) is 5.88 Å². The highest BCUT2D eigenvalue weighted by Gasteiger charge is 2.23. The molecule has 4 rings (SSSR count). The first kappa shape index (κ1) is 22.4. The summed E-state index contributed by atoms with van der Waals surface area (Å²) in [6.07, 6.45) is 3.83. The van der Waals surface area contributed by atoms with Gasteiger partial charge in [0.25, 0.3) is 10.0 Å². The fourth-order valence-corrected chi connectivity index (χ4v) is 5.24. The van der Waals surface area contributed by atoms with Crippen molar-refractivity contribution in [1.82, 2.24) is 4.98 Å². The maximum Gasteiger partial charge on any atom is 0.262 e. The maximum atomic E-state index is 13.1. The molecule has 0 amide bonds. The Morgan fingerprint density at radius 2 is 1.75 bits per heavy atom. The fourth-order valence-electron chi connectivity index (χ4n) is 3.69. The monoisotopic (exact) mass is 472 g/mol. The number of sulfonamides is 1. The Labute approximate surface area is 193 Å². The van der Waals surface area contributed by atoms with Gasteiger partial charge in [-0.05, 0) is 74.1 Å². The first-order valence-electron chi connectivity index (χ1n) is 10.6. The van der Waals surface area contributed by atoms with E-state index in [9.17, 15) is 8.42 Å². The summed E-state index contributed by atoms with van der Waals surface area (Å²) < 4.78 is 40.5. The summed E-state index contributed by atoms with van der Waals surface area (Å²) in [5.41, 5.74) is 2.82. The van der Waals surface area contributed by atoms with Gasteiger partial charge in [-0.3, -0.25) is 4.72 Å². The predicted molar refractivity (Wildman–Crippen MR) is 125 cm³/mol. The van der Waals surface area contributed by atoms with Crippen molar-refractivity contribution in [1.29, 1.82) is 0 Å². The van der Waals surface area contributed by atoms with Gasteiger partial charge in [-0.1, -0.05) is 35.9 Å². The van der Waals surface area contributed by atoms with Crippen molar-refractivity contribution in [2.45, 2.75) is 37.5 Å². The molecule has 0 radical (unpaired) electrons. The van der Waals surface area contributed by atoms with Crippen molar-refractivity contribution in [3.05, 3.63) is 76.4 Å². The quantitative estimate of drug-likeness (QED) is 0.457. The molecule has 0 unspecified atom stereocenters. The van der Waals surface area contributed by atoms with E-state index >= 15 is 0 Å². The van der Waals surface area contributed by atoms with E-state index in [1.165, 1.54) is 6.07 Å². The van der Waals surface area contributed by atoms with E-state index in [0.717, 1.165) is 42.7 Å². The number of pyridine rings is 1. The molecule has 168 valence electrons. The number of aromatic nitrogens is 1. The SMILES string of the molecule is Cc1c(Cl)cccc1S(=O)(=O)Nc1cc2c(nc1OCCOc1ccccc1)CCCC2. The normalized spacial score (nSPS) is 13.3. The second kappa shape index (κ2) is 9.79. The van der Waals surface area contributed by atoms with Crippen molar-refractivity contribution < 1.29 is 17.9 Å². The Bertz CT molecular complexity index is 1200. The largest absolute Gasteiger partial charge is 0.490 e. The number of aryl methyl sites for hydroxylation is 2. The standard InChI is InChI=1S/C24H25ClN2O4S/c1-17-20(25)11-7-13-23(17)32(28,29)27-22-16-18-8-5-6-12-21(18)26-24(22)31-15-14-30-19-9-3-2-4-10-19/h2-4,7,9-11,13,16,27H,5-6,8,12,14-15H2,1H3. The third-order valence-corrected chi connectivity index (χ3v) is 7.27. The zero-order chi connectivity index (χ0) is 22.6. The molecule has 8 heteroatoms. The lowest BCUT2D eigenvalue weighted by Crippen LogP contribution is -2.18. The minimum absolute atomic E-state index is 0.126. The van der Waals surface area contributed by atoms with Gasteiger partial charge in [-0.2, -0.15) is 0 Å². The number of para-hydroxylation sites is 1. The van der Waals surface area contributed by atoms with Crippen LogP contribution >= 0.6 is 11.6 Å². The second-order valence-corrected chi connectivity index (χ2v) is 9.69. The first-order valence-corrected chi connectivity index (χ1v) is 12.4. The number of halogens is 1. The summed E-state index contributed by atoms with van der Waals surface area (Å²) in [6.45, 7) is 2.22. The van der Waals surface area contributed by atoms with Crippen molar-refractivity contribution in [3.63, 3.8) is 0 Å². The Kier molecular flexibility index (Phi) is 6.86. The molecule has 1 N–H and O–H groups in total. The Morgan fingerprint density at radius 1 is 1.00 bits per heavy atom. The fraction of sp³-hybridized carbons (Fsp3) is 0.292. The molecule has 0 atom stereocenters. The number of ether oxygens (including phenoxy) is 2. The van der Waals surface area contributed by atoms with Crippen LogP contribution in [0, 0.1) is 6.92 Å². The molecular weight excluding hydrogens is 448 g/mol. The van der Waals surface area contributed by atoms with Crippen LogP contribution in [0.4, 0.5) is 5.69 Å². The van der Waals surface area contributed by atoms with Crippen molar-refractivity contribution in [2.75, 3.05) is 17.9 Å². The summed E-state index contributed by atoms with van der Waals surface area (Å²) in [7, 11) is -3.87. The lowest BCUT2D eigenvalue weighted by molar-refractivity contribution is 0.212. The Balaban J connectivity index is 1.56. The van der Waals surface area contributed by atoms with Gasteiger partial charge in [0.1, 0.15) is 24.7 Å². The summed E-state index contributed by atoms with van der Waals surface area (Å²) in [5.74, 6) is 0.998. The summed E-state index contributed by atoms with van der Waals surface area (Å²) >= 11 is 6.14. The molecule has 1 aromatic heterocycles. The topological polar surface area (TPSA) is 77.5 Å².